The number of benzene rings is 1. The first-order valence-electron chi connectivity index (χ1n) is 5.14. The highest BCUT2D eigenvalue weighted by atomic mass is 79.9. The Morgan fingerprint density at radius 3 is 2.87 bits per heavy atom. The van der Waals surface area contributed by atoms with Crippen molar-refractivity contribution in [3.63, 3.8) is 0 Å². The van der Waals surface area contributed by atoms with Crippen molar-refractivity contribution in [2.45, 2.75) is 19.9 Å². The molecule has 0 bridgehead atoms. The van der Waals surface area contributed by atoms with Gasteiger partial charge in [0.2, 0.25) is 0 Å². The van der Waals surface area contributed by atoms with Gasteiger partial charge in [0.25, 0.3) is 0 Å². The summed E-state index contributed by atoms with van der Waals surface area (Å²) in [5, 5.41) is 10.3. The SMILES string of the molecule is CCc1cn(CCO)c2cc(Br)ccc12. The minimum absolute atomic E-state index is 0.180. The van der Waals surface area contributed by atoms with Gasteiger partial charge in [-0.25, -0.2) is 0 Å². The van der Waals surface area contributed by atoms with Crippen LogP contribution in [0.1, 0.15) is 12.5 Å². The Hall–Kier alpha value is -0.800. The summed E-state index contributed by atoms with van der Waals surface area (Å²) in [7, 11) is 0. The van der Waals surface area contributed by atoms with E-state index in [0.29, 0.717) is 6.54 Å². The Labute approximate surface area is 97.7 Å². The van der Waals surface area contributed by atoms with E-state index in [-0.39, 0.29) is 6.61 Å². The van der Waals surface area contributed by atoms with Crippen molar-refractivity contribution in [2.24, 2.45) is 0 Å². The normalized spacial score (nSPS) is 11.1. The van der Waals surface area contributed by atoms with Gasteiger partial charge in [0.05, 0.1) is 6.61 Å². The third-order valence-electron chi connectivity index (χ3n) is 2.65. The number of fused-ring (bicyclic) bond motifs is 1. The molecule has 0 saturated carbocycles. The molecule has 80 valence electrons. The van der Waals surface area contributed by atoms with Crippen LogP contribution in [0, 0.1) is 0 Å². The highest BCUT2D eigenvalue weighted by Gasteiger charge is 2.06. The number of nitrogens with zero attached hydrogens (tertiary/aromatic N) is 1. The van der Waals surface area contributed by atoms with Crippen molar-refractivity contribution in [2.75, 3.05) is 6.61 Å². The van der Waals surface area contributed by atoms with Gasteiger partial charge in [-0.05, 0) is 24.1 Å². The van der Waals surface area contributed by atoms with Crippen LogP contribution in [0.4, 0.5) is 0 Å². The molecule has 0 fully saturated rings. The van der Waals surface area contributed by atoms with Crippen LogP contribution in [0.5, 0.6) is 0 Å². The lowest BCUT2D eigenvalue weighted by Gasteiger charge is -2.01. The molecule has 15 heavy (non-hydrogen) atoms. The van der Waals surface area contributed by atoms with Gasteiger partial charge in [-0.3, -0.25) is 0 Å². The molecule has 0 amide bonds. The standard InChI is InChI=1S/C12H14BrNO/c1-2-9-8-14(5-6-15)12-7-10(13)3-4-11(9)12/h3-4,7-8,15H,2,5-6H2,1H3. The Morgan fingerprint density at radius 2 is 2.20 bits per heavy atom. The first kappa shape index (κ1) is 10.7. The van der Waals surface area contributed by atoms with E-state index in [1.807, 2.05) is 0 Å². The molecule has 2 rings (SSSR count). The predicted molar refractivity (Wildman–Crippen MR) is 66.1 cm³/mol. The topological polar surface area (TPSA) is 25.2 Å². The predicted octanol–water partition coefficient (Wildman–Crippen LogP) is 2.96. The van der Waals surface area contributed by atoms with Crippen molar-refractivity contribution >= 4 is 26.8 Å². The largest absolute Gasteiger partial charge is 0.395 e. The summed E-state index contributed by atoms with van der Waals surface area (Å²) in [6.07, 6.45) is 3.16. The first-order chi connectivity index (χ1) is 7.26. The van der Waals surface area contributed by atoms with Gasteiger partial charge in [0.1, 0.15) is 0 Å². The van der Waals surface area contributed by atoms with Crippen LogP contribution < -0.4 is 0 Å². The lowest BCUT2D eigenvalue weighted by atomic mass is 10.1. The summed E-state index contributed by atoms with van der Waals surface area (Å²) in [6, 6.07) is 6.29. The summed E-state index contributed by atoms with van der Waals surface area (Å²) in [5.41, 5.74) is 2.53. The van der Waals surface area contributed by atoms with Gasteiger partial charge in [-0.1, -0.05) is 28.9 Å². The summed E-state index contributed by atoms with van der Waals surface area (Å²) in [5.74, 6) is 0. The van der Waals surface area contributed by atoms with E-state index >= 15 is 0 Å². The molecule has 0 saturated heterocycles. The second-order valence-electron chi connectivity index (χ2n) is 3.59. The first-order valence-corrected chi connectivity index (χ1v) is 5.93. The number of aromatic nitrogens is 1. The molecular formula is C12H14BrNO. The molecule has 1 N–H and O–H groups in total. The van der Waals surface area contributed by atoms with Crippen molar-refractivity contribution in [1.82, 2.24) is 4.57 Å². The number of aliphatic hydroxyl groups excluding tert-OH is 1. The van der Waals surface area contributed by atoms with E-state index in [9.17, 15) is 0 Å². The summed E-state index contributed by atoms with van der Waals surface area (Å²) < 4.78 is 3.19. The molecule has 0 spiro atoms. The maximum Gasteiger partial charge on any atom is 0.0610 e. The number of aryl methyl sites for hydroxylation is 1. The van der Waals surface area contributed by atoms with Gasteiger partial charge in [-0.15, -0.1) is 0 Å². The molecule has 0 aliphatic rings. The second kappa shape index (κ2) is 4.37. The number of hydrogen-bond donors (Lipinski definition) is 1. The molecule has 0 unspecified atom stereocenters. The number of aliphatic hydroxyl groups is 1. The Kier molecular flexibility index (Phi) is 3.12. The van der Waals surface area contributed by atoms with Crippen LogP contribution in [0.15, 0.2) is 28.9 Å². The zero-order valence-corrected chi connectivity index (χ0v) is 10.3. The highest BCUT2D eigenvalue weighted by Crippen LogP contribution is 2.25. The average Bonchev–Trinajstić information content (AvgIpc) is 2.57. The van der Waals surface area contributed by atoms with E-state index in [4.69, 9.17) is 5.11 Å². The smallest absolute Gasteiger partial charge is 0.0610 e. The quantitative estimate of drug-likeness (QED) is 0.909. The molecule has 0 atom stereocenters. The molecule has 3 heteroatoms. The van der Waals surface area contributed by atoms with Crippen molar-refractivity contribution in [1.29, 1.82) is 0 Å². The third kappa shape index (κ3) is 1.94. The van der Waals surface area contributed by atoms with Gasteiger partial charge in [0, 0.05) is 28.1 Å². The van der Waals surface area contributed by atoms with E-state index in [1.54, 1.807) is 0 Å². The molecular weight excluding hydrogens is 254 g/mol. The minimum Gasteiger partial charge on any atom is -0.395 e. The molecule has 0 aliphatic carbocycles. The Bertz CT molecular complexity index is 476. The fourth-order valence-corrected chi connectivity index (χ4v) is 2.26. The van der Waals surface area contributed by atoms with E-state index < -0.39 is 0 Å². The maximum absolute atomic E-state index is 9.00. The summed E-state index contributed by atoms with van der Waals surface area (Å²) >= 11 is 3.47. The van der Waals surface area contributed by atoms with Crippen LogP contribution in [-0.4, -0.2) is 16.3 Å². The van der Waals surface area contributed by atoms with Crippen LogP contribution in [0.3, 0.4) is 0 Å². The van der Waals surface area contributed by atoms with E-state index in [2.05, 4.69) is 51.8 Å². The monoisotopic (exact) mass is 267 g/mol. The number of hydrogen-bond acceptors (Lipinski definition) is 1. The highest BCUT2D eigenvalue weighted by molar-refractivity contribution is 9.10. The molecule has 1 aromatic heterocycles. The Morgan fingerprint density at radius 1 is 1.40 bits per heavy atom. The van der Waals surface area contributed by atoms with Gasteiger partial charge in [-0.2, -0.15) is 0 Å². The molecule has 0 aliphatic heterocycles. The fourth-order valence-electron chi connectivity index (χ4n) is 1.92. The van der Waals surface area contributed by atoms with Crippen LogP contribution >= 0.6 is 15.9 Å². The maximum atomic E-state index is 9.00. The lowest BCUT2D eigenvalue weighted by Crippen LogP contribution is -1.99. The second-order valence-corrected chi connectivity index (χ2v) is 4.50. The lowest BCUT2D eigenvalue weighted by molar-refractivity contribution is 0.278. The summed E-state index contributed by atoms with van der Waals surface area (Å²) in [6.45, 7) is 2.99. The minimum atomic E-state index is 0.180. The molecule has 0 radical (unpaired) electrons. The molecule has 1 heterocycles. The van der Waals surface area contributed by atoms with Gasteiger partial charge in [0.15, 0.2) is 0 Å². The third-order valence-corrected chi connectivity index (χ3v) is 3.14. The molecule has 2 nitrogen and oxygen atoms in total. The Balaban J connectivity index is 2.64. The van der Waals surface area contributed by atoms with Crippen molar-refractivity contribution in [3.8, 4) is 0 Å². The van der Waals surface area contributed by atoms with Crippen molar-refractivity contribution in [3.05, 3.63) is 34.4 Å². The zero-order chi connectivity index (χ0) is 10.8. The van der Waals surface area contributed by atoms with Crippen LogP contribution in [-0.2, 0) is 13.0 Å². The fraction of sp³-hybridized carbons (Fsp3) is 0.333. The average molecular weight is 268 g/mol. The number of halogens is 1. The molecule has 2 aromatic rings. The van der Waals surface area contributed by atoms with Crippen LogP contribution in [0.25, 0.3) is 10.9 Å². The number of rotatable bonds is 3. The van der Waals surface area contributed by atoms with Gasteiger partial charge < -0.3 is 9.67 Å². The van der Waals surface area contributed by atoms with Gasteiger partial charge >= 0.3 is 0 Å². The zero-order valence-electron chi connectivity index (χ0n) is 8.70. The van der Waals surface area contributed by atoms with E-state index in [1.165, 1.54) is 16.5 Å². The summed E-state index contributed by atoms with van der Waals surface area (Å²) in [4.78, 5) is 0. The van der Waals surface area contributed by atoms with E-state index in [0.717, 1.165) is 10.9 Å². The van der Waals surface area contributed by atoms with Crippen molar-refractivity contribution < 1.29 is 5.11 Å². The van der Waals surface area contributed by atoms with Crippen LogP contribution in [0.2, 0.25) is 0 Å². The molecule has 1 aromatic carbocycles.